The topological polar surface area (TPSA) is 81.9 Å². The third-order valence-corrected chi connectivity index (χ3v) is 8.14. The number of hydrogen-bond acceptors (Lipinski definition) is 9. The molecule has 5 heterocycles. The highest BCUT2D eigenvalue weighted by Crippen LogP contribution is 2.52. The first kappa shape index (κ1) is 20.0. The van der Waals surface area contributed by atoms with Gasteiger partial charge in [-0.3, -0.25) is 0 Å². The first-order chi connectivity index (χ1) is 15.7. The second-order valence-electron chi connectivity index (χ2n) is 9.25. The summed E-state index contributed by atoms with van der Waals surface area (Å²) in [5.41, 5.74) is 3.60. The molecule has 1 saturated heterocycles. The molecule has 0 atom stereocenters. The molecule has 6 rings (SSSR count). The molecule has 3 aromatic heterocycles. The Morgan fingerprint density at radius 3 is 2.62 bits per heavy atom. The zero-order valence-corrected chi connectivity index (χ0v) is 19.2. The van der Waals surface area contributed by atoms with Crippen LogP contribution in [-0.2, 0) is 5.41 Å². The molecule has 9 heteroatoms. The standard InChI is InChI=1S/C23H28N8S/c1-30-9-11-31(12-10-30)16-5-6-18(24-13-16)27-22-25-14-17-20(28-22)19-21(32-17)29-26-15-23(19)7-3-2-4-8-23/h5-6,13-14H,2-4,7-12,15H2,1H3,(H,24,25,27,28). The molecule has 0 aromatic carbocycles. The Kier molecular flexibility index (Phi) is 5.02. The molecule has 1 saturated carbocycles. The number of hydrogen-bond donors (Lipinski definition) is 1. The summed E-state index contributed by atoms with van der Waals surface area (Å²) < 4.78 is 1.09. The van der Waals surface area contributed by atoms with Crippen molar-refractivity contribution in [1.82, 2.24) is 19.9 Å². The number of likely N-dealkylation sites (N-methyl/N-ethyl adjacent to an activating group) is 1. The van der Waals surface area contributed by atoms with Crippen molar-refractivity contribution >= 4 is 44.0 Å². The van der Waals surface area contributed by atoms with Crippen molar-refractivity contribution in [2.75, 3.05) is 50.0 Å². The third-order valence-electron chi connectivity index (χ3n) is 7.14. The number of nitrogens with zero attached hydrogens (tertiary/aromatic N) is 7. The van der Waals surface area contributed by atoms with Crippen LogP contribution in [0.3, 0.4) is 0 Å². The number of fused-ring (bicyclic) bond motifs is 4. The van der Waals surface area contributed by atoms with Crippen molar-refractivity contribution in [3.63, 3.8) is 0 Å². The maximum atomic E-state index is 4.94. The van der Waals surface area contributed by atoms with Crippen LogP contribution in [0.2, 0.25) is 0 Å². The van der Waals surface area contributed by atoms with Crippen LogP contribution in [-0.4, -0.2) is 59.6 Å². The van der Waals surface area contributed by atoms with Crippen LogP contribution >= 0.6 is 11.3 Å². The number of rotatable bonds is 3. The van der Waals surface area contributed by atoms with E-state index in [1.165, 1.54) is 37.7 Å². The molecule has 3 aromatic rings. The van der Waals surface area contributed by atoms with Gasteiger partial charge in [-0.2, -0.15) is 5.11 Å². The smallest absolute Gasteiger partial charge is 0.228 e. The zero-order valence-electron chi connectivity index (χ0n) is 18.4. The van der Waals surface area contributed by atoms with Gasteiger partial charge in [-0.25, -0.2) is 15.0 Å². The maximum absolute atomic E-state index is 4.94. The van der Waals surface area contributed by atoms with Gasteiger partial charge in [0.2, 0.25) is 5.95 Å². The Morgan fingerprint density at radius 1 is 1.00 bits per heavy atom. The summed E-state index contributed by atoms with van der Waals surface area (Å²) in [4.78, 5) is 18.9. The van der Waals surface area contributed by atoms with Crippen molar-refractivity contribution in [3.8, 4) is 0 Å². The normalized spacial score (nSPS) is 20.6. The van der Waals surface area contributed by atoms with Gasteiger partial charge in [0, 0.05) is 37.2 Å². The van der Waals surface area contributed by atoms with Gasteiger partial charge in [0.05, 0.1) is 34.8 Å². The molecule has 0 amide bonds. The second kappa shape index (κ2) is 8.04. The monoisotopic (exact) mass is 448 g/mol. The average Bonchev–Trinajstić information content (AvgIpc) is 3.20. The zero-order chi connectivity index (χ0) is 21.5. The van der Waals surface area contributed by atoms with Gasteiger partial charge in [-0.15, -0.1) is 16.5 Å². The van der Waals surface area contributed by atoms with Gasteiger partial charge >= 0.3 is 0 Å². The van der Waals surface area contributed by atoms with E-state index in [4.69, 9.17) is 4.98 Å². The molecule has 3 aliphatic rings. The molecule has 1 spiro atoms. The van der Waals surface area contributed by atoms with Gasteiger partial charge in [0.25, 0.3) is 0 Å². The third kappa shape index (κ3) is 3.53. The Morgan fingerprint density at radius 2 is 1.84 bits per heavy atom. The van der Waals surface area contributed by atoms with Crippen LogP contribution in [0, 0.1) is 0 Å². The van der Waals surface area contributed by atoms with E-state index in [0.29, 0.717) is 5.95 Å². The van der Waals surface area contributed by atoms with E-state index in [1.807, 2.05) is 18.5 Å². The molecular formula is C23H28N8S. The molecular weight excluding hydrogens is 420 g/mol. The van der Waals surface area contributed by atoms with E-state index in [-0.39, 0.29) is 5.41 Å². The van der Waals surface area contributed by atoms with Crippen LogP contribution in [0.25, 0.3) is 10.2 Å². The largest absolute Gasteiger partial charge is 0.368 e. The quantitative estimate of drug-likeness (QED) is 0.615. The minimum Gasteiger partial charge on any atom is -0.368 e. The molecule has 1 N–H and O–H groups in total. The molecule has 2 fully saturated rings. The maximum Gasteiger partial charge on any atom is 0.228 e. The number of thiophene rings is 1. The SMILES string of the molecule is CN1CCN(c2ccc(Nc3ncc4sc5c(c4n3)C3(CCCCC3)CN=N5)nc2)CC1. The van der Waals surface area contributed by atoms with Crippen LogP contribution in [0.1, 0.15) is 37.7 Å². The summed E-state index contributed by atoms with van der Waals surface area (Å²) in [6.07, 6.45) is 10.0. The minimum absolute atomic E-state index is 0.0988. The molecule has 0 radical (unpaired) electrons. The molecule has 0 unspecified atom stereocenters. The second-order valence-corrected chi connectivity index (χ2v) is 10.3. The lowest BCUT2D eigenvalue weighted by atomic mass is 9.69. The van der Waals surface area contributed by atoms with Crippen LogP contribution < -0.4 is 10.2 Å². The van der Waals surface area contributed by atoms with Gasteiger partial charge in [0.1, 0.15) is 10.8 Å². The molecule has 2 aliphatic heterocycles. The molecule has 32 heavy (non-hydrogen) atoms. The van der Waals surface area contributed by atoms with Crippen molar-refractivity contribution in [2.45, 2.75) is 37.5 Å². The lowest BCUT2D eigenvalue weighted by molar-refractivity contribution is 0.296. The van der Waals surface area contributed by atoms with Crippen molar-refractivity contribution < 1.29 is 0 Å². The lowest BCUT2D eigenvalue weighted by Crippen LogP contribution is -2.44. The Hall–Kier alpha value is -2.65. The van der Waals surface area contributed by atoms with E-state index >= 15 is 0 Å². The van der Waals surface area contributed by atoms with Gasteiger partial charge < -0.3 is 15.1 Å². The molecule has 8 nitrogen and oxygen atoms in total. The number of aromatic nitrogens is 3. The Labute approximate surface area is 191 Å². The van der Waals surface area contributed by atoms with E-state index in [9.17, 15) is 0 Å². The summed E-state index contributed by atoms with van der Waals surface area (Å²) in [6, 6.07) is 4.14. The van der Waals surface area contributed by atoms with Crippen LogP contribution in [0.15, 0.2) is 34.8 Å². The van der Waals surface area contributed by atoms with Crippen molar-refractivity contribution in [2.24, 2.45) is 10.2 Å². The fourth-order valence-corrected chi connectivity index (χ4v) is 6.34. The number of piperazine rings is 1. The van der Waals surface area contributed by atoms with E-state index in [0.717, 1.165) is 59.4 Å². The van der Waals surface area contributed by atoms with Gasteiger partial charge in [0.15, 0.2) is 0 Å². The molecule has 1 aliphatic carbocycles. The summed E-state index contributed by atoms with van der Waals surface area (Å²) >= 11 is 1.66. The van der Waals surface area contributed by atoms with Crippen LogP contribution in [0.4, 0.5) is 22.5 Å². The summed E-state index contributed by atoms with van der Waals surface area (Å²) in [6.45, 7) is 5.02. The van der Waals surface area contributed by atoms with E-state index in [1.54, 1.807) is 11.3 Å². The fourth-order valence-electron chi connectivity index (χ4n) is 5.27. The van der Waals surface area contributed by atoms with Crippen LogP contribution in [0.5, 0.6) is 0 Å². The predicted octanol–water partition coefficient (Wildman–Crippen LogP) is 4.88. The first-order valence-corrected chi connectivity index (χ1v) is 12.4. The number of pyridine rings is 1. The minimum atomic E-state index is 0.0988. The summed E-state index contributed by atoms with van der Waals surface area (Å²) in [5.74, 6) is 1.35. The summed E-state index contributed by atoms with van der Waals surface area (Å²) in [5, 5.41) is 13.3. The lowest BCUT2D eigenvalue weighted by Gasteiger charge is -2.37. The number of anilines is 3. The fraction of sp³-hybridized carbons (Fsp3) is 0.522. The Bertz CT molecular complexity index is 1140. The predicted molar refractivity (Wildman–Crippen MR) is 129 cm³/mol. The van der Waals surface area contributed by atoms with Crippen molar-refractivity contribution in [1.29, 1.82) is 0 Å². The molecule has 166 valence electrons. The van der Waals surface area contributed by atoms with Gasteiger partial charge in [-0.05, 0) is 32.0 Å². The first-order valence-electron chi connectivity index (χ1n) is 11.5. The van der Waals surface area contributed by atoms with E-state index in [2.05, 4.69) is 48.4 Å². The highest BCUT2D eigenvalue weighted by molar-refractivity contribution is 7.22. The molecule has 0 bridgehead atoms. The number of nitrogens with one attached hydrogen (secondary N) is 1. The van der Waals surface area contributed by atoms with Crippen molar-refractivity contribution in [3.05, 3.63) is 30.1 Å². The highest BCUT2D eigenvalue weighted by Gasteiger charge is 2.41. The van der Waals surface area contributed by atoms with E-state index < -0.39 is 0 Å². The Balaban J connectivity index is 1.27. The average molecular weight is 449 g/mol. The number of azo groups is 1. The summed E-state index contributed by atoms with van der Waals surface area (Å²) in [7, 11) is 2.17. The highest BCUT2D eigenvalue weighted by atomic mass is 32.1. The van der Waals surface area contributed by atoms with Gasteiger partial charge in [-0.1, -0.05) is 19.3 Å².